The van der Waals surface area contributed by atoms with E-state index in [1.807, 2.05) is 31.2 Å². The molecule has 0 aromatic heterocycles. The lowest BCUT2D eigenvalue weighted by molar-refractivity contribution is -0.140. The first-order chi connectivity index (χ1) is 15.9. The van der Waals surface area contributed by atoms with Crippen molar-refractivity contribution < 1.29 is 26.8 Å². The number of amides is 2. The van der Waals surface area contributed by atoms with Gasteiger partial charge in [0.05, 0.1) is 11.9 Å². The van der Waals surface area contributed by atoms with Crippen molar-refractivity contribution in [3.8, 4) is 0 Å². The molecule has 0 bridgehead atoms. The SMILES string of the molecule is CCNC(=O)[C@@H](C)N(Cc1ccc(C)cc1)C(=O)CCCN(c1ccc(F)c(F)c1)S(C)(=O)=O. The van der Waals surface area contributed by atoms with Crippen LogP contribution in [0.3, 0.4) is 0 Å². The van der Waals surface area contributed by atoms with Gasteiger partial charge in [-0.15, -0.1) is 0 Å². The maximum Gasteiger partial charge on any atom is 0.242 e. The van der Waals surface area contributed by atoms with Gasteiger partial charge in [0.2, 0.25) is 21.8 Å². The Kier molecular flexibility index (Phi) is 9.55. The summed E-state index contributed by atoms with van der Waals surface area (Å²) in [6, 6.07) is 9.70. The molecule has 0 saturated heterocycles. The largest absolute Gasteiger partial charge is 0.355 e. The van der Waals surface area contributed by atoms with Crippen LogP contribution in [0.2, 0.25) is 0 Å². The molecule has 7 nitrogen and oxygen atoms in total. The zero-order valence-electron chi connectivity index (χ0n) is 19.8. The molecule has 0 aliphatic rings. The van der Waals surface area contributed by atoms with Crippen LogP contribution in [0.4, 0.5) is 14.5 Å². The first-order valence-corrected chi connectivity index (χ1v) is 12.8. The van der Waals surface area contributed by atoms with Crippen molar-refractivity contribution in [1.29, 1.82) is 0 Å². The Balaban J connectivity index is 2.16. The smallest absolute Gasteiger partial charge is 0.242 e. The molecule has 0 unspecified atom stereocenters. The lowest BCUT2D eigenvalue weighted by atomic mass is 10.1. The predicted molar refractivity (Wildman–Crippen MR) is 128 cm³/mol. The van der Waals surface area contributed by atoms with E-state index in [2.05, 4.69) is 5.32 Å². The summed E-state index contributed by atoms with van der Waals surface area (Å²) in [7, 11) is -3.80. The highest BCUT2D eigenvalue weighted by atomic mass is 32.2. The Morgan fingerprint density at radius 3 is 2.26 bits per heavy atom. The van der Waals surface area contributed by atoms with Crippen molar-refractivity contribution in [1.82, 2.24) is 10.2 Å². The van der Waals surface area contributed by atoms with Crippen LogP contribution in [-0.2, 0) is 26.2 Å². The molecule has 10 heteroatoms. The van der Waals surface area contributed by atoms with Gasteiger partial charge in [-0.05, 0) is 44.9 Å². The number of nitrogens with zero attached hydrogens (tertiary/aromatic N) is 2. The topological polar surface area (TPSA) is 86.8 Å². The highest BCUT2D eigenvalue weighted by Crippen LogP contribution is 2.21. The summed E-state index contributed by atoms with van der Waals surface area (Å²) in [5.74, 6) is -2.86. The second-order valence-electron chi connectivity index (χ2n) is 8.11. The van der Waals surface area contributed by atoms with Crippen LogP contribution in [0.25, 0.3) is 0 Å². The Bertz CT molecular complexity index is 1110. The summed E-state index contributed by atoms with van der Waals surface area (Å²) in [6.07, 6.45) is 1.04. The van der Waals surface area contributed by atoms with Gasteiger partial charge in [0.15, 0.2) is 11.6 Å². The van der Waals surface area contributed by atoms with Crippen molar-refractivity contribution in [3.63, 3.8) is 0 Å². The van der Waals surface area contributed by atoms with Crippen LogP contribution in [0.1, 0.15) is 37.8 Å². The molecule has 2 rings (SSSR count). The molecule has 0 radical (unpaired) electrons. The molecule has 0 fully saturated rings. The fourth-order valence-corrected chi connectivity index (χ4v) is 4.40. The molecule has 0 spiro atoms. The first kappa shape index (κ1) is 27.2. The van der Waals surface area contributed by atoms with Crippen molar-refractivity contribution in [2.45, 2.75) is 46.2 Å². The summed E-state index contributed by atoms with van der Waals surface area (Å²) < 4.78 is 52.3. The molecule has 0 aliphatic heterocycles. The van der Waals surface area contributed by atoms with E-state index in [1.165, 1.54) is 11.0 Å². The molecule has 0 aliphatic carbocycles. The Morgan fingerprint density at radius 2 is 1.71 bits per heavy atom. The third kappa shape index (κ3) is 7.51. The van der Waals surface area contributed by atoms with Crippen LogP contribution in [0.5, 0.6) is 0 Å². The van der Waals surface area contributed by atoms with Gasteiger partial charge in [0.25, 0.3) is 0 Å². The second kappa shape index (κ2) is 11.9. The van der Waals surface area contributed by atoms with Crippen LogP contribution in [-0.4, -0.2) is 50.5 Å². The standard InChI is InChI=1S/C24H31F2N3O4S/c1-5-27-24(31)18(3)28(16-19-10-8-17(2)9-11-19)23(30)7-6-14-29(34(4,32)33)20-12-13-21(25)22(26)15-20/h8-13,15,18H,5-7,14,16H2,1-4H3,(H,27,31)/t18-/m1/s1. The number of sulfonamides is 1. The molecular formula is C24H31F2N3O4S. The molecule has 0 heterocycles. The summed E-state index contributed by atoms with van der Waals surface area (Å²) in [6.45, 7) is 5.91. The monoisotopic (exact) mass is 495 g/mol. The van der Waals surface area contributed by atoms with Crippen LogP contribution in [0, 0.1) is 18.6 Å². The molecule has 2 amide bonds. The Labute approximate surface area is 199 Å². The quantitative estimate of drug-likeness (QED) is 0.518. The number of hydrogen-bond donors (Lipinski definition) is 1. The number of hydrogen-bond acceptors (Lipinski definition) is 4. The zero-order chi connectivity index (χ0) is 25.5. The number of likely N-dealkylation sites (N-methyl/N-ethyl adjacent to an activating group) is 1. The minimum absolute atomic E-state index is 0.0268. The van der Waals surface area contributed by atoms with Crippen LogP contribution in [0.15, 0.2) is 42.5 Å². The van der Waals surface area contributed by atoms with Gasteiger partial charge >= 0.3 is 0 Å². The van der Waals surface area contributed by atoms with Gasteiger partial charge in [0.1, 0.15) is 6.04 Å². The molecule has 2 aromatic rings. The summed E-state index contributed by atoms with van der Waals surface area (Å²) in [5, 5.41) is 2.71. The minimum Gasteiger partial charge on any atom is -0.355 e. The lowest BCUT2D eigenvalue weighted by Crippen LogP contribution is -2.47. The normalized spacial score (nSPS) is 12.2. The molecular weight excluding hydrogens is 464 g/mol. The zero-order valence-corrected chi connectivity index (χ0v) is 20.7. The van der Waals surface area contributed by atoms with E-state index in [0.717, 1.165) is 33.8 Å². The van der Waals surface area contributed by atoms with Gasteiger partial charge in [-0.3, -0.25) is 13.9 Å². The molecule has 2 aromatic carbocycles. The average Bonchev–Trinajstić information content (AvgIpc) is 2.77. The van der Waals surface area contributed by atoms with E-state index < -0.39 is 27.7 Å². The predicted octanol–water partition coefficient (Wildman–Crippen LogP) is 3.37. The fourth-order valence-electron chi connectivity index (χ4n) is 3.44. The number of benzene rings is 2. The highest BCUT2D eigenvalue weighted by molar-refractivity contribution is 7.92. The van der Waals surface area contributed by atoms with Gasteiger partial charge in [0, 0.05) is 32.1 Å². The van der Waals surface area contributed by atoms with Crippen molar-refractivity contribution in [3.05, 3.63) is 65.2 Å². The highest BCUT2D eigenvalue weighted by Gasteiger charge is 2.26. The average molecular weight is 496 g/mol. The summed E-state index contributed by atoms with van der Waals surface area (Å²) in [5.41, 5.74) is 1.90. The van der Waals surface area contributed by atoms with Crippen molar-refractivity contribution >= 4 is 27.5 Å². The van der Waals surface area contributed by atoms with E-state index in [9.17, 15) is 26.8 Å². The molecule has 186 valence electrons. The van der Waals surface area contributed by atoms with Crippen molar-refractivity contribution in [2.75, 3.05) is 23.7 Å². The molecule has 0 saturated carbocycles. The minimum atomic E-state index is -3.80. The molecule has 34 heavy (non-hydrogen) atoms. The molecule has 1 atom stereocenters. The van der Waals surface area contributed by atoms with E-state index in [0.29, 0.717) is 6.54 Å². The summed E-state index contributed by atoms with van der Waals surface area (Å²) in [4.78, 5) is 27.0. The van der Waals surface area contributed by atoms with Crippen LogP contribution >= 0.6 is 0 Å². The third-order valence-electron chi connectivity index (χ3n) is 5.34. The van der Waals surface area contributed by atoms with E-state index >= 15 is 0 Å². The summed E-state index contributed by atoms with van der Waals surface area (Å²) >= 11 is 0. The van der Waals surface area contributed by atoms with E-state index in [1.54, 1.807) is 13.8 Å². The number of halogens is 2. The maximum absolute atomic E-state index is 13.6. The number of rotatable bonds is 11. The van der Waals surface area contributed by atoms with Gasteiger partial charge in [-0.25, -0.2) is 17.2 Å². The Morgan fingerprint density at radius 1 is 1.06 bits per heavy atom. The van der Waals surface area contributed by atoms with Gasteiger partial charge in [-0.2, -0.15) is 0 Å². The second-order valence-corrected chi connectivity index (χ2v) is 10.0. The van der Waals surface area contributed by atoms with E-state index in [-0.39, 0.29) is 43.4 Å². The number of nitrogens with one attached hydrogen (secondary N) is 1. The molecule has 1 N–H and O–H groups in total. The first-order valence-electron chi connectivity index (χ1n) is 11.0. The number of carbonyl (C=O) groups is 2. The van der Waals surface area contributed by atoms with Gasteiger partial charge in [-0.1, -0.05) is 29.8 Å². The maximum atomic E-state index is 13.6. The van der Waals surface area contributed by atoms with Crippen molar-refractivity contribution in [2.24, 2.45) is 0 Å². The lowest BCUT2D eigenvalue weighted by Gasteiger charge is -2.29. The number of aryl methyl sites for hydroxylation is 1. The fraction of sp³-hybridized carbons (Fsp3) is 0.417. The number of anilines is 1. The number of carbonyl (C=O) groups excluding carboxylic acids is 2. The third-order valence-corrected chi connectivity index (χ3v) is 6.53. The van der Waals surface area contributed by atoms with Gasteiger partial charge < -0.3 is 10.2 Å². The Hall–Kier alpha value is -3.01. The van der Waals surface area contributed by atoms with E-state index in [4.69, 9.17) is 0 Å². The van der Waals surface area contributed by atoms with Crippen LogP contribution < -0.4 is 9.62 Å².